The Labute approximate surface area is 97.8 Å². The molecule has 4 N–H and O–H groups in total. The number of hydrogen-bond donors (Lipinski definition) is 3. The lowest BCUT2D eigenvalue weighted by molar-refractivity contribution is 0.179. The van der Waals surface area contributed by atoms with Crippen molar-refractivity contribution in [3.8, 4) is 0 Å². The van der Waals surface area contributed by atoms with E-state index in [0.717, 1.165) is 12.5 Å². The van der Waals surface area contributed by atoms with Crippen LogP contribution in [-0.2, 0) is 4.74 Å². The average Bonchev–Trinajstić information content (AvgIpc) is 2.77. The maximum absolute atomic E-state index is 5.42. The van der Waals surface area contributed by atoms with Crippen LogP contribution < -0.4 is 16.6 Å². The van der Waals surface area contributed by atoms with Gasteiger partial charge in [-0.3, -0.25) is 10.4 Å². The minimum Gasteiger partial charge on any atom is -0.383 e. The third kappa shape index (κ3) is 4.81. The molecule has 0 spiro atoms. The molecule has 1 rings (SSSR count). The molecule has 1 unspecified atom stereocenters. The van der Waals surface area contributed by atoms with E-state index in [4.69, 9.17) is 10.6 Å². The molecule has 0 heterocycles. The lowest BCUT2D eigenvalue weighted by Crippen LogP contribution is -2.47. The predicted octanol–water partition coefficient (Wildman–Crippen LogP) is 0.620. The maximum Gasteiger partial charge on any atom is 0.206 e. The zero-order chi connectivity index (χ0) is 11.8. The lowest BCUT2D eigenvalue weighted by atomic mass is 10.1. The van der Waals surface area contributed by atoms with E-state index in [2.05, 4.69) is 15.7 Å². The summed E-state index contributed by atoms with van der Waals surface area (Å²) in [6.45, 7) is 3.54. The number of guanidine groups is 1. The zero-order valence-electron chi connectivity index (χ0n) is 10.3. The van der Waals surface area contributed by atoms with Crippen LogP contribution in [0, 0.1) is 5.92 Å². The van der Waals surface area contributed by atoms with Gasteiger partial charge in [-0.15, -0.1) is 0 Å². The first-order valence-corrected chi connectivity index (χ1v) is 6.02. The van der Waals surface area contributed by atoms with Crippen molar-refractivity contribution >= 4 is 5.96 Å². The monoisotopic (exact) mass is 228 g/mol. The summed E-state index contributed by atoms with van der Waals surface area (Å²) in [5, 5.41) is 3.18. The van der Waals surface area contributed by atoms with Crippen LogP contribution in [0.25, 0.3) is 0 Å². The predicted molar refractivity (Wildman–Crippen MR) is 66.1 cm³/mol. The molecule has 1 atom stereocenters. The fourth-order valence-electron chi connectivity index (χ4n) is 2.07. The van der Waals surface area contributed by atoms with Crippen molar-refractivity contribution in [2.75, 3.05) is 20.3 Å². The van der Waals surface area contributed by atoms with Crippen LogP contribution in [0.3, 0.4) is 0 Å². The minimum absolute atomic E-state index is 0.211. The quantitative estimate of drug-likeness (QED) is 0.279. The van der Waals surface area contributed by atoms with Gasteiger partial charge >= 0.3 is 0 Å². The standard InChI is InChI=1S/C11H24N4O/c1-9(8-16-2)14-11(15-12)13-7-10-5-3-4-6-10/h9-10H,3-8,12H2,1-2H3,(H2,13,14,15). The minimum atomic E-state index is 0.211. The number of nitrogens with one attached hydrogen (secondary N) is 2. The molecule has 16 heavy (non-hydrogen) atoms. The molecular formula is C11H24N4O. The van der Waals surface area contributed by atoms with Crippen molar-refractivity contribution < 1.29 is 4.74 Å². The van der Waals surface area contributed by atoms with Crippen molar-refractivity contribution in [2.24, 2.45) is 16.8 Å². The smallest absolute Gasteiger partial charge is 0.206 e. The topological polar surface area (TPSA) is 71.7 Å². The molecule has 0 aliphatic heterocycles. The van der Waals surface area contributed by atoms with E-state index in [1.807, 2.05) is 6.92 Å². The van der Waals surface area contributed by atoms with Crippen molar-refractivity contribution in [3.05, 3.63) is 0 Å². The van der Waals surface area contributed by atoms with Gasteiger partial charge in [0.25, 0.3) is 0 Å². The SMILES string of the molecule is COCC(C)NC(=NCC1CCCC1)NN. The van der Waals surface area contributed by atoms with Crippen LogP contribution in [0.15, 0.2) is 4.99 Å². The van der Waals surface area contributed by atoms with Gasteiger partial charge < -0.3 is 10.1 Å². The molecule has 0 bridgehead atoms. The highest BCUT2D eigenvalue weighted by molar-refractivity contribution is 5.79. The maximum atomic E-state index is 5.42. The highest BCUT2D eigenvalue weighted by Gasteiger charge is 2.14. The molecule has 0 aromatic carbocycles. The number of aliphatic imine (C=N–C) groups is 1. The number of nitrogens with two attached hydrogens (primary N) is 1. The summed E-state index contributed by atoms with van der Waals surface area (Å²) in [4.78, 5) is 4.46. The fourth-order valence-corrected chi connectivity index (χ4v) is 2.07. The number of hydrogen-bond acceptors (Lipinski definition) is 3. The number of methoxy groups -OCH3 is 1. The van der Waals surface area contributed by atoms with Crippen molar-refractivity contribution in [2.45, 2.75) is 38.6 Å². The van der Waals surface area contributed by atoms with Crippen molar-refractivity contribution in [1.82, 2.24) is 10.7 Å². The first-order valence-electron chi connectivity index (χ1n) is 6.02. The second-order valence-electron chi connectivity index (χ2n) is 4.48. The lowest BCUT2D eigenvalue weighted by Gasteiger charge is -2.16. The summed E-state index contributed by atoms with van der Waals surface area (Å²) in [6.07, 6.45) is 5.29. The van der Waals surface area contributed by atoms with Crippen LogP contribution in [0.2, 0.25) is 0 Å². The molecule has 0 aromatic heterocycles. The highest BCUT2D eigenvalue weighted by atomic mass is 16.5. The summed E-state index contributed by atoms with van der Waals surface area (Å²) in [5.74, 6) is 6.82. The highest BCUT2D eigenvalue weighted by Crippen LogP contribution is 2.24. The number of hydrazine groups is 1. The Morgan fingerprint density at radius 3 is 2.75 bits per heavy atom. The van der Waals surface area contributed by atoms with E-state index < -0.39 is 0 Å². The summed E-state index contributed by atoms with van der Waals surface area (Å²) >= 11 is 0. The molecule has 1 aliphatic carbocycles. The Morgan fingerprint density at radius 1 is 1.50 bits per heavy atom. The zero-order valence-corrected chi connectivity index (χ0v) is 10.3. The molecule has 1 aliphatic rings. The normalized spacial score (nSPS) is 19.8. The molecule has 0 amide bonds. The Morgan fingerprint density at radius 2 is 2.19 bits per heavy atom. The third-order valence-electron chi connectivity index (χ3n) is 2.92. The fraction of sp³-hybridized carbons (Fsp3) is 0.909. The van der Waals surface area contributed by atoms with Crippen LogP contribution in [-0.4, -0.2) is 32.3 Å². The van der Waals surface area contributed by atoms with Gasteiger partial charge in [0.2, 0.25) is 5.96 Å². The molecule has 0 aromatic rings. The van der Waals surface area contributed by atoms with Crippen LogP contribution in [0.4, 0.5) is 0 Å². The van der Waals surface area contributed by atoms with E-state index in [9.17, 15) is 0 Å². The van der Waals surface area contributed by atoms with Gasteiger partial charge in [0.15, 0.2) is 0 Å². The van der Waals surface area contributed by atoms with Gasteiger partial charge in [-0.25, -0.2) is 5.84 Å². The Kier molecular flexibility index (Phi) is 6.18. The van der Waals surface area contributed by atoms with Gasteiger partial charge in [-0.05, 0) is 25.7 Å². The molecule has 1 fully saturated rings. The van der Waals surface area contributed by atoms with Crippen LogP contribution >= 0.6 is 0 Å². The second kappa shape index (κ2) is 7.46. The first-order chi connectivity index (χ1) is 7.76. The van der Waals surface area contributed by atoms with E-state index >= 15 is 0 Å². The summed E-state index contributed by atoms with van der Waals surface area (Å²) in [7, 11) is 1.68. The second-order valence-corrected chi connectivity index (χ2v) is 4.48. The molecule has 5 nitrogen and oxygen atoms in total. The summed E-state index contributed by atoms with van der Waals surface area (Å²) in [6, 6.07) is 0.211. The van der Waals surface area contributed by atoms with Gasteiger partial charge in [-0.1, -0.05) is 12.8 Å². The molecular weight excluding hydrogens is 204 g/mol. The van der Waals surface area contributed by atoms with Gasteiger partial charge in [0, 0.05) is 19.7 Å². The van der Waals surface area contributed by atoms with Crippen molar-refractivity contribution in [1.29, 1.82) is 0 Å². The Bertz CT molecular complexity index is 214. The number of rotatable bonds is 5. The number of nitrogens with zero attached hydrogens (tertiary/aromatic N) is 1. The first kappa shape index (κ1) is 13.3. The van der Waals surface area contributed by atoms with Crippen molar-refractivity contribution in [3.63, 3.8) is 0 Å². The largest absolute Gasteiger partial charge is 0.383 e. The summed E-state index contributed by atoms with van der Waals surface area (Å²) in [5.41, 5.74) is 2.60. The summed E-state index contributed by atoms with van der Waals surface area (Å²) < 4.78 is 5.04. The Balaban J connectivity index is 2.30. The van der Waals surface area contributed by atoms with E-state index in [-0.39, 0.29) is 6.04 Å². The molecule has 1 saturated carbocycles. The van der Waals surface area contributed by atoms with Gasteiger partial charge in [0.1, 0.15) is 0 Å². The van der Waals surface area contributed by atoms with Gasteiger partial charge in [0.05, 0.1) is 6.61 Å². The van der Waals surface area contributed by atoms with E-state index in [1.165, 1.54) is 25.7 Å². The molecule has 0 saturated heterocycles. The van der Waals surface area contributed by atoms with E-state index in [1.54, 1.807) is 7.11 Å². The third-order valence-corrected chi connectivity index (χ3v) is 2.92. The molecule has 94 valence electrons. The van der Waals surface area contributed by atoms with Gasteiger partial charge in [-0.2, -0.15) is 0 Å². The molecule has 5 heteroatoms. The Hall–Kier alpha value is -0.810. The number of ether oxygens (including phenoxy) is 1. The van der Waals surface area contributed by atoms with Crippen LogP contribution in [0.5, 0.6) is 0 Å². The van der Waals surface area contributed by atoms with Crippen LogP contribution in [0.1, 0.15) is 32.6 Å². The average molecular weight is 228 g/mol. The molecule has 0 radical (unpaired) electrons. The van der Waals surface area contributed by atoms with E-state index in [0.29, 0.717) is 12.6 Å².